The van der Waals surface area contributed by atoms with Crippen molar-refractivity contribution in [2.45, 2.75) is 140 Å². The molecule has 0 aromatic carbocycles. The minimum atomic E-state index is -1.84. The number of nitrogens with one attached hydrogen (secondary N) is 2. The summed E-state index contributed by atoms with van der Waals surface area (Å²) in [5.41, 5.74) is 0. The van der Waals surface area contributed by atoms with Crippen molar-refractivity contribution in [3.63, 3.8) is 0 Å². The number of hydrogen-bond acceptors (Lipinski definition) is 6. The Morgan fingerprint density at radius 2 is 1.32 bits per heavy atom. The SMILES string of the molecule is CC(C)(C)[S@@](=O)N[C@H](CO)[C@@H]1CCC=CO1.CC(C)O[Si](C)(C)C[C@@H](N[S@](=O)C(C)(C)C)[C@@H]1CCC=CO1. The Kier molecular flexibility index (Phi) is 15.0. The molecule has 0 unspecified atom stereocenters. The van der Waals surface area contributed by atoms with Gasteiger partial charge in [0.2, 0.25) is 0 Å². The maximum atomic E-state index is 12.5. The van der Waals surface area contributed by atoms with E-state index >= 15 is 0 Å². The Balaban J connectivity index is 0.000000399. The van der Waals surface area contributed by atoms with Gasteiger partial charge < -0.3 is 19.0 Å². The summed E-state index contributed by atoms with van der Waals surface area (Å²) >= 11 is 0. The third-order valence-corrected chi connectivity index (χ3v) is 11.7. The molecule has 0 aromatic rings. The first-order valence-electron chi connectivity index (χ1n) is 13.7. The predicted octanol–water partition coefficient (Wildman–Crippen LogP) is 4.82. The van der Waals surface area contributed by atoms with E-state index in [0.717, 1.165) is 31.7 Å². The summed E-state index contributed by atoms with van der Waals surface area (Å²) in [5.74, 6) is 0. The minimum Gasteiger partial charge on any atom is -0.497 e. The molecular weight excluding hydrogens is 541 g/mol. The molecule has 0 spiro atoms. The van der Waals surface area contributed by atoms with Crippen molar-refractivity contribution in [3.8, 4) is 0 Å². The first-order chi connectivity index (χ1) is 17.5. The Hall–Kier alpha value is -0.563. The summed E-state index contributed by atoms with van der Waals surface area (Å²) in [6.07, 6.45) is 11.4. The van der Waals surface area contributed by atoms with E-state index in [9.17, 15) is 13.5 Å². The number of aliphatic hydroxyl groups is 1. The fraction of sp³-hybridized carbons (Fsp3) is 0.852. The van der Waals surface area contributed by atoms with Gasteiger partial charge in [0.1, 0.15) is 12.2 Å². The van der Waals surface area contributed by atoms with Crippen LogP contribution in [0, 0.1) is 0 Å². The van der Waals surface area contributed by atoms with Crippen molar-refractivity contribution in [1.82, 2.24) is 9.44 Å². The summed E-state index contributed by atoms with van der Waals surface area (Å²) in [6, 6.07) is 0.682. The average molecular weight is 595 g/mol. The highest BCUT2D eigenvalue weighted by atomic mass is 32.2. The molecule has 0 aromatic heterocycles. The van der Waals surface area contributed by atoms with Crippen LogP contribution in [0.15, 0.2) is 24.7 Å². The molecule has 0 fully saturated rings. The number of hydrogen-bond donors (Lipinski definition) is 3. The van der Waals surface area contributed by atoms with Crippen LogP contribution in [0.1, 0.15) is 81.1 Å². The maximum absolute atomic E-state index is 12.5. The van der Waals surface area contributed by atoms with Crippen LogP contribution in [-0.4, -0.2) is 68.3 Å². The Morgan fingerprint density at radius 1 is 0.895 bits per heavy atom. The van der Waals surface area contributed by atoms with Gasteiger partial charge in [-0.3, -0.25) is 0 Å². The zero-order chi connectivity index (χ0) is 29.1. The van der Waals surface area contributed by atoms with Crippen LogP contribution in [0.3, 0.4) is 0 Å². The summed E-state index contributed by atoms with van der Waals surface area (Å²) in [5, 5.41) is 9.29. The fourth-order valence-electron chi connectivity index (χ4n) is 4.02. The summed E-state index contributed by atoms with van der Waals surface area (Å²) in [4.78, 5) is 0. The van der Waals surface area contributed by atoms with Gasteiger partial charge in [-0.2, -0.15) is 0 Å². The lowest BCUT2D eigenvalue weighted by atomic mass is 10.1. The van der Waals surface area contributed by atoms with Gasteiger partial charge in [-0.1, -0.05) is 0 Å². The topological polar surface area (TPSA) is 106 Å². The molecule has 0 saturated carbocycles. The predicted molar refractivity (Wildman–Crippen MR) is 162 cm³/mol. The second-order valence-electron chi connectivity index (χ2n) is 12.8. The zero-order valence-corrected chi connectivity index (χ0v) is 27.9. The standard InChI is InChI=1S/C16H33NO3SSi.C11H21NO3S/c1-13(2)20-22(6,7)12-14(15-10-8-9-11-19-15)17-21(18)16(3,4)5;1-11(2,3)16(14)12-9(8-13)10-6-4-5-7-15-10/h9,11,13-15,17H,8,10,12H2,1-7H3;5,7,9-10,12-13H,4,6,8H2,1-3H3/t14-,15+,21-;9-,10+,16-/m11/s1. The molecule has 0 saturated heterocycles. The third-order valence-electron chi connectivity index (χ3n) is 5.92. The van der Waals surface area contributed by atoms with E-state index < -0.39 is 30.3 Å². The van der Waals surface area contributed by atoms with E-state index in [1.807, 2.05) is 53.7 Å². The third kappa shape index (κ3) is 13.7. The molecule has 2 aliphatic heterocycles. The van der Waals surface area contributed by atoms with Crippen LogP contribution in [-0.2, 0) is 35.9 Å². The van der Waals surface area contributed by atoms with E-state index in [1.54, 1.807) is 12.5 Å². The monoisotopic (exact) mass is 594 g/mol. The van der Waals surface area contributed by atoms with Crippen molar-refractivity contribution in [2.24, 2.45) is 0 Å². The average Bonchev–Trinajstić information content (AvgIpc) is 2.81. The fourth-order valence-corrected chi connectivity index (χ4v) is 8.69. The summed E-state index contributed by atoms with van der Waals surface area (Å²) in [7, 11) is -4.13. The molecule has 2 heterocycles. The number of ether oxygens (including phenoxy) is 2. The van der Waals surface area contributed by atoms with Crippen molar-refractivity contribution in [3.05, 3.63) is 24.7 Å². The lowest BCUT2D eigenvalue weighted by molar-refractivity contribution is 0.0688. The number of aliphatic hydroxyl groups excluding tert-OH is 1. The van der Waals surface area contributed by atoms with E-state index in [4.69, 9.17) is 13.9 Å². The lowest BCUT2D eigenvalue weighted by Gasteiger charge is -2.36. The van der Waals surface area contributed by atoms with Crippen LogP contribution in [0.2, 0.25) is 19.1 Å². The highest BCUT2D eigenvalue weighted by Crippen LogP contribution is 2.25. The quantitative estimate of drug-likeness (QED) is 0.296. The number of allylic oxidation sites excluding steroid dienone is 2. The van der Waals surface area contributed by atoms with Crippen LogP contribution >= 0.6 is 0 Å². The molecule has 6 atom stereocenters. The van der Waals surface area contributed by atoms with Crippen LogP contribution in [0.4, 0.5) is 0 Å². The van der Waals surface area contributed by atoms with Gasteiger partial charge in [0.05, 0.1) is 62.7 Å². The maximum Gasteiger partial charge on any atom is 0.188 e. The van der Waals surface area contributed by atoms with E-state index in [-0.39, 0.29) is 46.5 Å². The zero-order valence-electron chi connectivity index (χ0n) is 25.2. The summed E-state index contributed by atoms with van der Waals surface area (Å²) in [6.45, 7) is 20.2. The molecule has 2 aliphatic rings. The second-order valence-corrected chi connectivity index (χ2v) is 20.9. The molecule has 0 aliphatic carbocycles. The highest BCUT2D eigenvalue weighted by Gasteiger charge is 2.36. The molecule has 0 radical (unpaired) electrons. The molecule has 2 rings (SSSR count). The molecule has 38 heavy (non-hydrogen) atoms. The molecule has 0 amide bonds. The van der Waals surface area contributed by atoms with Gasteiger partial charge in [-0.15, -0.1) is 0 Å². The smallest absolute Gasteiger partial charge is 0.188 e. The van der Waals surface area contributed by atoms with Crippen molar-refractivity contribution in [2.75, 3.05) is 6.61 Å². The summed E-state index contributed by atoms with van der Waals surface area (Å²) < 4.78 is 47.4. The van der Waals surface area contributed by atoms with E-state index in [0.29, 0.717) is 0 Å². The Labute approximate surface area is 238 Å². The van der Waals surface area contributed by atoms with Gasteiger partial charge >= 0.3 is 0 Å². The van der Waals surface area contributed by atoms with Gasteiger partial charge in [0.25, 0.3) is 0 Å². The number of rotatable bonds is 11. The van der Waals surface area contributed by atoms with E-state index in [2.05, 4.69) is 36.4 Å². The van der Waals surface area contributed by atoms with Gasteiger partial charge in [0.15, 0.2) is 8.32 Å². The largest absolute Gasteiger partial charge is 0.497 e. The first-order valence-corrected chi connectivity index (χ1v) is 19.1. The molecule has 8 nitrogen and oxygen atoms in total. The highest BCUT2D eigenvalue weighted by molar-refractivity contribution is 7.84. The molecular formula is C27H54N2O6S2Si. The lowest BCUT2D eigenvalue weighted by Crippen LogP contribution is -2.51. The Morgan fingerprint density at radius 3 is 1.66 bits per heavy atom. The van der Waals surface area contributed by atoms with Crippen LogP contribution in [0.5, 0.6) is 0 Å². The molecule has 0 bridgehead atoms. The molecule has 224 valence electrons. The second kappa shape index (κ2) is 16.0. The van der Waals surface area contributed by atoms with Crippen LogP contribution in [0.25, 0.3) is 0 Å². The van der Waals surface area contributed by atoms with Crippen molar-refractivity contribution >= 4 is 30.3 Å². The van der Waals surface area contributed by atoms with Gasteiger partial charge in [-0.25, -0.2) is 17.9 Å². The normalized spacial score (nSPS) is 23.5. The Bertz CT molecular complexity index is 808. The van der Waals surface area contributed by atoms with E-state index in [1.165, 1.54) is 0 Å². The van der Waals surface area contributed by atoms with Crippen molar-refractivity contribution in [1.29, 1.82) is 0 Å². The van der Waals surface area contributed by atoms with Crippen molar-refractivity contribution < 1.29 is 27.4 Å². The molecule has 3 N–H and O–H groups in total. The molecule has 11 heteroatoms. The van der Waals surface area contributed by atoms with Crippen LogP contribution < -0.4 is 9.44 Å². The van der Waals surface area contributed by atoms with Gasteiger partial charge in [0, 0.05) is 6.10 Å². The minimum absolute atomic E-state index is 0.0606. The first kappa shape index (κ1) is 35.5. The van der Waals surface area contributed by atoms with Gasteiger partial charge in [-0.05, 0) is 112 Å².